The van der Waals surface area contributed by atoms with E-state index in [1.807, 2.05) is 24.3 Å². The first-order chi connectivity index (χ1) is 10.1. The maximum atomic E-state index is 12.6. The Hall–Kier alpha value is -0.950. The van der Waals surface area contributed by atoms with Gasteiger partial charge in [0, 0.05) is 32.2 Å². The van der Waals surface area contributed by atoms with Crippen LogP contribution in [-0.4, -0.2) is 49.8 Å². The van der Waals surface area contributed by atoms with Gasteiger partial charge in [-0.1, -0.05) is 24.3 Å². The number of rotatable bonds is 4. The van der Waals surface area contributed by atoms with Crippen molar-refractivity contribution in [3.8, 4) is 0 Å². The summed E-state index contributed by atoms with van der Waals surface area (Å²) in [4.78, 5) is 2.42. The van der Waals surface area contributed by atoms with Crippen LogP contribution in [0.3, 0.4) is 0 Å². The van der Waals surface area contributed by atoms with Gasteiger partial charge >= 0.3 is 0 Å². The van der Waals surface area contributed by atoms with Crippen molar-refractivity contribution in [2.45, 2.75) is 31.2 Å². The molecule has 2 saturated heterocycles. The Morgan fingerprint density at radius 3 is 2.52 bits per heavy atom. The maximum absolute atomic E-state index is 12.6. The summed E-state index contributed by atoms with van der Waals surface area (Å²) in [6.45, 7) is 3.76. The van der Waals surface area contributed by atoms with Crippen LogP contribution < -0.4 is 5.73 Å². The number of piperazine rings is 1. The Morgan fingerprint density at radius 2 is 1.81 bits per heavy atom. The number of nitrogens with two attached hydrogens (primary N) is 1. The van der Waals surface area contributed by atoms with E-state index in [1.54, 1.807) is 4.31 Å². The lowest BCUT2D eigenvalue weighted by molar-refractivity contribution is 0.158. The molecule has 3 rings (SSSR count). The van der Waals surface area contributed by atoms with Crippen LogP contribution in [0.5, 0.6) is 0 Å². The molecule has 0 amide bonds. The molecule has 2 N–H and O–H groups in total. The molecule has 1 aromatic rings. The summed E-state index contributed by atoms with van der Waals surface area (Å²) in [7, 11) is -3.22. The molecule has 1 unspecified atom stereocenters. The highest BCUT2D eigenvalue weighted by molar-refractivity contribution is 7.88. The van der Waals surface area contributed by atoms with Crippen LogP contribution in [0, 0.1) is 0 Å². The van der Waals surface area contributed by atoms with Gasteiger partial charge in [0.1, 0.15) is 0 Å². The molecular formula is C15H23N3O2S. The van der Waals surface area contributed by atoms with Crippen molar-refractivity contribution in [1.29, 1.82) is 0 Å². The zero-order valence-electron chi connectivity index (χ0n) is 12.2. The summed E-state index contributed by atoms with van der Waals surface area (Å²) < 4.78 is 26.8. The minimum absolute atomic E-state index is 0.0879. The third-order valence-electron chi connectivity index (χ3n) is 4.55. The van der Waals surface area contributed by atoms with E-state index >= 15 is 0 Å². The summed E-state index contributed by atoms with van der Waals surface area (Å²) in [5.74, 6) is 0.0879. The fourth-order valence-corrected chi connectivity index (χ4v) is 4.84. The minimum atomic E-state index is -3.22. The Kier molecular flexibility index (Phi) is 4.31. The van der Waals surface area contributed by atoms with E-state index in [0.29, 0.717) is 25.7 Å². The van der Waals surface area contributed by atoms with Crippen molar-refractivity contribution in [1.82, 2.24) is 9.21 Å². The number of nitrogens with zero attached hydrogens (tertiary/aromatic N) is 2. The standard InChI is InChI=1S/C15H23N3O2S/c16-10-13-3-5-14(6-4-13)12-21(19,20)18-9-8-17-7-1-2-15(17)11-18/h3-6,15H,1-2,7-12,16H2. The monoisotopic (exact) mass is 309 g/mol. The van der Waals surface area contributed by atoms with Gasteiger partial charge in [-0.05, 0) is 30.5 Å². The van der Waals surface area contributed by atoms with Crippen LogP contribution in [0.4, 0.5) is 0 Å². The first-order valence-electron chi connectivity index (χ1n) is 7.58. The van der Waals surface area contributed by atoms with Gasteiger partial charge in [-0.2, -0.15) is 4.31 Å². The number of fused-ring (bicyclic) bond motifs is 1. The van der Waals surface area contributed by atoms with Crippen molar-refractivity contribution < 1.29 is 8.42 Å². The van der Waals surface area contributed by atoms with Gasteiger partial charge in [-0.3, -0.25) is 4.90 Å². The third kappa shape index (κ3) is 3.29. The fraction of sp³-hybridized carbons (Fsp3) is 0.600. The maximum Gasteiger partial charge on any atom is 0.218 e. The van der Waals surface area contributed by atoms with Gasteiger partial charge in [0.25, 0.3) is 0 Å². The Labute approximate surface area is 126 Å². The zero-order valence-corrected chi connectivity index (χ0v) is 13.1. The molecule has 2 fully saturated rings. The molecular weight excluding hydrogens is 286 g/mol. The minimum Gasteiger partial charge on any atom is -0.326 e. The predicted molar refractivity (Wildman–Crippen MR) is 83.1 cm³/mol. The van der Waals surface area contributed by atoms with Gasteiger partial charge in [0.15, 0.2) is 0 Å². The SMILES string of the molecule is NCc1ccc(CS(=O)(=O)N2CCN3CCCC3C2)cc1. The van der Waals surface area contributed by atoms with Gasteiger partial charge < -0.3 is 5.73 Å². The summed E-state index contributed by atoms with van der Waals surface area (Å²) in [5, 5.41) is 0. The smallest absolute Gasteiger partial charge is 0.218 e. The number of hydrogen-bond acceptors (Lipinski definition) is 4. The lowest BCUT2D eigenvalue weighted by atomic mass is 10.1. The second-order valence-corrected chi connectivity index (χ2v) is 7.94. The van der Waals surface area contributed by atoms with Crippen LogP contribution in [0.25, 0.3) is 0 Å². The van der Waals surface area contributed by atoms with Crippen LogP contribution >= 0.6 is 0 Å². The van der Waals surface area contributed by atoms with Crippen molar-refractivity contribution in [3.05, 3.63) is 35.4 Å². The van der Waals surface area contributed by atoms with Crippen molar-refractivity contribution >= 4 is 10.0 Å². The molecule has 0 spiro atoms. The summed E-state index contributed by atoms with van der Waals surface area (Å²) >= 11 is 0. The Morgan fingerprint density at radius 1 is 1.10 bits per heavy atom. The molecule has 1 aromatic carbocycles. The third-order valence-corrected chi connectivity index (χ3v) is 6.37. The average Bonchev–Trinajstić information content (AvgIpc) is 2.95. The normalized spacial score (nSPS) is 24.1. The van der Waals surface area contributed by atoms with Gasteiger partial charge in [-0.25, -0.2) is 8.42 Å². The molecule has 0 aromatic heterocycles. The van der Waals surface area contributed by atoms with Crippen LogP contribution in [-0.2, 0) is 22.3 Å². The molecule has 6 heteroatoms. The summed E-state index contributed by atoms with van der Waals surface area (Å²) in [6.07, 6.45) is 2.32. The average molecular weight is 309 g/mol. The van der Waals surface area contributed by atoms with E-state index < -0.39 is 10.0 Å². The molecule has 2 heterocycles. The van der Waals surface area contributed by atoms with Crippen molar-refractivity contribution in [2.24, 2.45) is 5.73 Å². The van der Waals surface area contributed by atoms with E-state index in [1.165, 1.54) is 6.42 Å². The van der Waals surface area contributed by atoms with Gasteiger partial charge in [-0.15, -0.1) is 0 Å². The number of hydrogen-bond donors (Lipinski definition) is 1. The van der Waals surface area contributed by atoms with E-state index in [-0.39, 0.29) is 5.75 Å². The lowest BCUT2D eigenvalue weighted by Crippen LogP contribution is -2.52. The van der Waals surface area contributed by atoms with E-state index in [0.717, 1.165) is 30.6 Å². The molecule has 0 bridgehead atoms. The topological polar surface area (TPSA) is 66.6 Å². The molecule has 1 atom stereocenters. The highest BCUT2D eigenvalue weighted by Gasteiger charge is 2.35. The number of sulfonamides is 1. The van der Waals surface area contributed by atoms with E-state index in [9.17, 15) is 8.42 Å². The summed E-state index contributed by atoms with van der Waals surface area (Å²) in [5.41, 5.74) is 7.42. The molecule has 21 heavy (non-hydrogen) atoms. The largest absolute Gasteiger partial charge is 0.326 e. The molecule has 2 aliphatic rings. The molecule has 0 saturated carbocycles. The highest BCUT2D eigenvalue weighted by atomic mass is 32.2. The van der Waals surface area contributed by atoms with E-state index in [4.69, 9.17) is 5.73 Å². The van der Waals surface area contributed by atoms with Gasteiger partial charge in [0.2, 0.25) is 10.0 Å². The number of benzene rings is 1. The first kappa shape index (κ1) is 15.0. The van der Waals surface area contributed by atoms with Crippen molar-refractivity contribution in [2.75, 3.05) is 26.2 Å². The van der Waals surface area contributed by atoms with Crippen LogP contribution in [0.1, 0.15) is 24.0 Å². The molecule has 0 aliphatic carbocycles. The predicted octanol–water partition coefficient (Wildman–Crippen LogP) is 0.755. The Balaban J connectivity index is 1.68. The Bertz CT molecular complexity index is 585. The second kappa shape index (κ2) is 6.04. The summed E-state index contributed by atoms with van der Waals surface area (Å²) in [6, 6.07) is 7.96. The van der Waals surface area contributed by atoms with Crippen LogP contribution in [0.2, 0.25) is 0 Å². The van der Waals surface area contributed by atoms with Gasteiger partial charge in [0.05, 0.1) is 5.75 Å². The first-order valence-corrected chi connectivity index (χ1v) is 9.19. The molecule has 2 aliphatic heterocycles. The zero-order chi connectivity index (χ0) is 14.9. The quantitative estimate of drug-likeness (QED) is 0.891. The second-order valence-electron chi connectivity index (χ2n) is 5.97. The lowest BCUT2D eigenvalue weighted by Gasteiger charge is -2.36. The molecule has 116 valence electrons. The van der Waals surface area contributed by atoms with Crippen molar-refractivity contribution in [3.63, 3.8) is 0 Å². The van der Waals surface area contributed by atoms with E-state index in [2.05, 4.69) is 4.90 Å². The van der Waals surface area contributed by atoms with Crippen LogP contribution in [0.15, 0.2) is 24.3 Å². The molecule has 0 radical (unpaired) electrons. The fourth-order valence-electron chi connectivity index (χ4n) is 3.29. The molecule has 5 nitrogen and oxygen atoms in total. The highest BCUT2D eigenvalue weighted by Crippen LogP contribution is 2.24.